The highest BCUT2D eigenvalue weighted by molar-refractivity contribution is 5.71. The van der Waals surface area contributed by atoms with Crippen molar-refractivity contribution in [3.05, 3.63) is 92.4 Å². The fraction of sp³-hybridized carbons (Fsp3) is 0.485. The summed E-state index contributed by atoms with van der Waals surface area (Å²) in [7, 11) is 0. The maximum atomic E-state index is 13.8. The predicted molar refractivity (Wildman–Crippen MR) is 170 cm³/mol. The molecule has 0 bridgehead atoms. The highest BCUT2D eigenvalue weighted by atomic mass is 16.3. The van der Waals surface area contributed by atoms with E-state index in [0.717, 1.165) is 55.7 Å². The van der Waals surface area contributed by atoms with Gasteiger partial charge in [-0.3, -0.25) is 18.8 Å². The number of rotatable bonds is 17. The highest BCUT2D eigenvalue weighted by Gasteiger charge is 2.22. The van der Waals surface area contributed by atoms with E-state index in [1.165, 1.54) is 10.1 Å². The van der Waals surface area contributed by atoms with Crippen molar-refractivity contribution in [2.45, 2.75) is 78.4 Å². The number of aliphatic hydroxyl groups is 1. The first kappa shape index (κ1) is 31.3. The van der Waals surface area contributed by atoms with Gasteiger partial charge in [-0.25, -0.2) is 9.78 Å². The number of fused-ring (bicyclic) bond motifs is 1. The molecular formula is C33H46N6O3. The van der Waals surface area contributed by atoms with Gasteiger partial charge >= 0.3 is 5.69 Å². The number of aryl methyl sites for hydroxylation is 2. The Morgan fingerprint density at radius 1 is 0.833 bits per heavy atom. The summed E-state index contributed by atoms with van der Waals surface area (Å²) in [5.41, 5.74) is 9.63. The highest BCUT2D eigenvalue weighted by Crippen LogP contribution is 2.18. The SMILES string of the molecule is CCCn1c(=O)c2c(nc(Cc3ccccc3)n2CCN(CC)CCO)n(CCCCCCc2ccccc2N)c1=O. The van der Waals surface area contributed by atoms with Gasteiger partial charge in [0.15, 0.2) is 11.2 Å². The molecule has 0 unspecified atom stereocenters. The van der Waals surface area contributed by atoms with Crippen LogP contribution < -0.4 is 17.0 Å². The van der Waals surface area contributed by atoms with Gasteiger partial charge in [0.1, 0.15) is 5.82 Å². The molecule has 0 spiro atoms. The van der Waals surface area contributed by atoms with E-state index in [0.29, 0.717) is 56.7 Å². The minimum Gasteiger partial charge on any atom is -0.399 e. The van der Waals surface area contributed by atoms with Gasteiger partial charge in [-0.05, 0) is 49.4 Å². The van der Waals surface area contributed by atoms with Crippen molar-refractivity contribution >= 4 is 16.9 Å². The molecule has 0 aliphatic carbocycles. The van der Waals surface area contributed by atoms with Gasteiger partial charge in [-0.15, -0.1) is 0 Å². The Bertz CT molecular complexity index is 1540. The third kappa shape index (κ3) is 7.57. The number of imidazole rings is 1. The van der Waals surface area contributed by atoms with Crippen molar-refractivity contribution in [1.82, 2.24) is 23.6 Å². The molecule has 0 atom stereocenters. The Labute approximate surface area is 248 Å². The summed E-state index contributed by atoms with van der Waals surface area (Å²) < 4.78 is 5.12. The average molecular weight is 575 g/mol. The van der Waals surface area contributed by atoms with E-state index in [1.807, 2.05) is 47.9 Å². The van der Waals surface area contributed by atoms with Crippen LogP contribution >= 0.6 is 0 Å². The van der Waals surface area contributed by atoms with Crippen LogP contribution in [0.5, 0.6) is 0 Å². The summed E-state index contributed by atoms with van der Waals surface area (Å²) in [5, 5.41) is 9.50. The van der Waals surface area contributed by atoms with Crippen molar-refractivity contribution in [2.75, 3.05) is 32.0 Å². The summed E-state index contributed by atoms with van der Waals surface area (Å²) in [5.74, 6) is 0.774. The summed E-state index contributed by atoms with van der Waals surface area (Å²) in [6, 6.07) is 18.1. The van der Waals surface area contributed by atoms with Crippen LogP contribution in [-0.4, -0.2) is 54.9 Å². The monoisotopic (exact) mass is 574 g/mol. The molecule has 0 saturated carbocycles. The van der Waals surface area contributed by atoms with Crippen LogP contribution in [0.4, 0.5) is 5.69 Å². The van der Waals surface area contributed by atoms with E-state index in [2.05, 4.69) is 30.0 Å². The summed E-state index contributed by atoms with van der Waals surface area (Å²) >= 11 is 0. The molecule has 0 saturated heterocycles. The molecule has 9 nitrogen and oxygen atoms in total. The Kier molecular flexibility index (Phi) is 11.5. The van der Waals surface area contributed by atoms with E-state index in [1.54, 1.807) is 4.57 Å². The van der Waals surface area contributed by atoms with Gasteiger partial charge in [-0.2, -0.15) is 0 Å². The van der Waals surface area contributed by atoms with Crippen LogP contribution in [0.15, 0.2) is 64.2 Å². The lowest BCUT2D eigenvalue weighted by atomic mass is 10.0. The Balaban J connectivity index is 1.64. The second kappa shape index (κ2) is 15.5. The minimum atomic E-state index is -0.280. The topological polar surface area (TPSA) is 111 Å². The number of para-hydroxylation sites is 1. The number of nitrogens with zero attached hydrogens (tertiary/aromatic N) is 5. The van der Waals surface area contributed by atoms with Crippen molar-refractivity contribution in [2.24, 2.45) is 0 Å². The number of aromatic nitrogens is 4. The van der Waals surface area contributed by atoms with E-state index >= 15 is 0 Å². The molecule has 0 radical (unpaired) electrons. The van der Waals surface area contributed by atoms with Gasteiger partial charge in [0, 0.05) is 44.8 Å². The molecule has 3 N–H and O–H groups in total. The van der Waals surface area contributed by atoms with Gasteiger partial charge in [-0.1, -0.05) is 75.2 Å². The molecule has 0 fully saturated rings. The fourth-order valence-corrected chi connectivity index (χ4v) is 5.62. The summed E-state index contributed by atoms with van der Waals surface area (Å²) in [6.45, 7) is 7.59. The van der Waals surface area contributed by atoms with E-state index < -0.39 is 0 Å². The zero-order valence-corrected chi connectivity index (χ0v) is 25.2. The molecule has 42 heavy (non-hydrogen) atoms. The molecular weight excluding hydrogens is 528 g/mol. The van der Waals surface area contributed by atoms with E-state index in [9.17, 15) is 14.7 Å². The van der Waals surface area contributed by atoms with Crippen molar-refractivity contribution in [3.8, 4) is 0 Å². The molecule has 2 aromatic carbocycles. The van der Waals surface area contributed by atoms with Crippen LogP contribution in [0.1, 0.15) is 62.9 Å². The number of anilines is 1. The largest absolute Gasteiger partial charge is 0.399 e. The molecule has 4 rings (SSSR count). The second-order valence-electron chi connectivity index (χ2n) is 10.9. The van der Waals surface area contributed by atoms with Crippen LogP contribution in [0.3, 0.4) is 0 Å². The number of unbranched alkanes of at least 4 members (excludes halogenated alkanes) is 3. The molecule has 0 aliphatic heterocycles. The van der Waals surface area contributed by atoms with Crippen LogP contribution in [0.25, 0.3) is 11.2 Å². The number of nitrogens with two attached hydrogens (primary N) is 1. The zero-order valence-electron chi connectivity index (χ0n) is 25.2. The van der Waals surface area contributed by atoms with Gasteiger partial charge < -0.3 is 15.4 Å². The molecule has 4 aromatic rings. The average Bonchev–Trinajstić information content (AvgIpc) is 3.35. The molecule has 226 valence electrons. The maximum Gasteiger partial charge on any atom is 0.332 e. The third-order valence-corrected chi connectivity index (χ3v) is 7.98. The molecule has 0 aliphatic rings. The lowest BCUT2D eigenvalue weighted by Crippen LogP contribution is -2.41. The molecule has 2 aromatic heterocycles. The van der Waals surface area contributed by atoms with Crippen LogP contribution in [0, 0.1) is 0 Å². The first-order chi connectivity index (χ1) is 20.5. The van der Waals surface area contributed by atoms with Crippen molar-refractivity contribution < 1.29 is 5.11 Å². The summed E-state index contributed by atoms with van der Waals surface area (Å²) in [4.78, 5) is 34.6. The zero-order chi connectivity index (χ0) is 29.9. The smallest absolute Gasteiger partial charge is 0.332 e. The van der Waals surface area contributed by atoms with Crippen molar-refractivity contribution in [3.63, 3.8) is 0 Å². The quantitative estimate of drug-likeness (QED) is 0.145. The number of benzene rings is 2. The number of aliphatic hydroxyl groups excluding tert-OH is 1. The number of hydrogen-bond donors (Lipinski definition) is 2. The lowest BCUT2D eigenvalue weighted by Gasteiger charge is -2.20. The van der Waals surface area contributed by atoms with Crippen molar-refractivity contribution in [1.29, 1.82) is 0 Å². The van der Waals surface area contributed by atoms with Crippen LogP contribution in [-0.2, 0) is 32.5 Å². The third-order valence-electron chi connectivity index (χ3n) is 7.98. The number of likely N-dealkylation sites (N-methyl/N-ethyl adjacent to an activating group) is 1. The first-order valence-corrected chi connectivity index (χ1v) is 15.4. The summed E-state index contributed by atoms with van der Waals surface area (Å²) in [6.07, 6.45) is 6.05. The lowest BCUT2D eigenvalue weighted by molar-refractivity contribution is 0.197. The molecule has 2 heterocycles. The molecule has 0 amide bonds. The number of nitrogen functional groups attached to an aromatic ring is 1. The molecule has 9 heteroatoms. The first-order valence-electron chi connectivity index (χ1n) is 15.4. The van der Waals surface area contributed by atoms with E-state index in [-0.39, 0.29) is 17.9 Å². The van der Waals surface area contributed by atoms with Gasteiger partial charge in [0.25, 0.3) is 5.56 Å². The minimum absolute atomic E-state index is 0.0803. The van der Waals surface area contributed by atoms with Gasteiger partial charge in [0.05, 0.1) is 6.61 Å². The predicted octanol–water partition coefficient (Wildman–Crippen LogP) is 4.06. The Hall–Kier alpha value is -3.69. The van der Waals surface area contributed by atoms with Gasteiger partial charge in [0.2, 0.25) is 0 Å². The standard InChI is InChI=1S/C33H46N6O3/c1-3-19-39-32(41)30-31(38(33(39)42)20-13-6-5-10-16-27-17-11-12-18-28(27)34)35-29(25-26-14-8-7-9-15-26)37(30)22-21-36(4-2)23-24-40/h7-9,11-12,14-15,17-18,40H,3-6,10,13,16,19-25,34H2,1-2H3. The number of hydrogen-bond acceptors (Lipinski definition) is 6. The van der Waals surface area contributed by atoms with E-state index in [4.69, 9.17) is 10.7 Å². The maximum absolute atomic E-state index is 13.8. The fourth-order valence-electron chi connectivity index (χ4n) is 5.62. The normalized spacial score (nSPS) is 11.6. The second-order valence-corrected chi connectivity index (χ2v) is 10.9. The Morgan fingerprint density at radius 2 is 1.57 bits per heavy atom. The Morgan fingerprint density at radius 3 is 2.29 bits per heavy atom. The van der Waals surface area contributed by atoms with Crippen LogP contribution in [0.2, 0.25) is 0 Å².